The molecule has 3 nitrogen and oxygen atoms in total. The number of nitrogens with one attached hydrogen (secondary N) is 1. The Kier molecular flexibility index (Phi) is 4.15. The smallest absolute Gasteiger partial charge is 0.323 e. The fourth-order valence-electron chi connectivity index (χ4n) is 2.40. The van der Waals surface area contributed by atoms with Crippen LogP contribution in [0.3, 0.4) is 0 Å². The molecule has 1 aliphatic heterocycles. The predicted molar refractivity (Wildman–Crippen MR) is 66.7 cm³/mol. The van der Waals surface area contributed by atoms with Crippen molar-refractivity contribution in [3.05, 3.63) is 35.9 Å². The van der Waals surface area contributed by atoms with Gasteiger partial charge < -0.3 is 10.1 Å². The van der Waals surface area contributed by atoms with Crippen LogP contribution in [-0.2, 0) is 16.0 Å². The van der Waals surface area contributed by atoms with Crippen LogP contribution in [0.4, 0.5) is 0 Å². The highest BCUT2D eigenvalue weighted by Crippen LogP contribution is 2.21. The molecule has 1 aromatic rings. The largest absolute Gasteiger partial charge is 0.465 e. The maximum absolute atomic E-state index is 11.8. The van der Waals surface area contributed by atoms with Gasteiger partial charge in [-0.1, -0.05) is 30.3 Å². The lowest BCUT2D eigenvalue weighted by atomic mass is 9.93. The minimum absolute atomic E-state index is 0.106. The molecule has 92 valence electrons. The van der Waals surface area contributed by atoms with Crippen molar-refractivity contribution in [1.82, 2.24) is 5.32 Å². The van der Waals surface area contributed by atoms with Crippen molar-refractivity contribution in [2.75, 3.05) is 13.2 Å². The van der Waals surface area contributed by atoms with Crippen molar-refractivity contribution in [3.8, 4) is 0 Å². The van der Waals surface area contributed by atoms with Crippen LogP contribution in [0.15, 0.2) is 30.3 Å². The number of benzene rings is 1. The average Bonchev–Trinajstić information content (AvgIpc) is 2.79. The quantitative estimate of drug-likeness (QED) is 0.805. The predicted octanol–water partition coefficient (Wildman–Crippen LogP) is 1.77. The van der Waals surface area contributed by atoms with Crippen LogP contribution in [0.2, 0.25) is 0 Å². The topological polar surface area (TPSA) is 38.3 Å². The van der Waals surface area contributed by atoms with E-state index in [1.807, 2.05) is 25.1 Å². The molecule has 1 aromatic carbocycles. The molecule has 0 radical (unpaired) electrons. The van der Waals surface area contributed by atoms with E-state index in [0.29, 0.717) is 12.5 Å². The summed E-state index contributed by atoms with van der Waals surface area (Å²) in [5.74, 6) is 0.252. The van der Waals surface area contributed by atoms with Gasteiger partial charge in [-0.25, -0.2) is 0 Å². The van der Waals surface area contributed by atoms with Crippen LogP contribution in [0, 0.1) is 5.92 Å². The molecule has 1 saturated heterocycles. The van der Waals surface area contributed by atoms with Gasteiger partial charge in [-0.05, 0) is 37.8 Å². The van der Waals surface area contributed by atoms with E-state index in [4.69, 9.17) is 4.74 Å². The Morgan fingerprint density at radius 3 is 2.88 bits per heavy atom. The first kappa shape index (κ1) is 12.1. The van der Waals surface area contributed by atoms with Crippen LogP contribution in [0.1, 0.15) is 18.9 Å². The van der Waals surface area contributed by atoms with Gasteiger partial charge >= 0.3 is 5.97 Å². The molecule has 0 aromatic heterocycles. The van der Waals surface area contributed by atoms with E-state index in [1.54, 1.807) is 0 Å². The Balaban J connectivity index is 1.98. The van der Waals surface area contributed by atoms with Gasteiger partial charge in [0.15, 0.2) is 0 Å². The van der Waals surface area contributed by atoms with Crippen molar-refractivity contribution in [2.45, 2.75) is 25.8 Å². The summed E-state index contributed by atoms with van der Waals surface area (Å²) in [7, 11) is 0. The van der Waals surface area contributed by atoms with E-state index in [2.05, 4.69) is 17.4 Å². The van der Waals surface area contributed by atoms with Crippen LogP contribution < -0.4 is 5.32 Å². The van der Waals surface area contributed by atoms with Gasteiger partial charge in [0.1, 0.15) is 6.04 Å². The van der Waals surface area contributed by atoms with Crippen molar-refractivity contribution < 1.29 is 9.53 Å². The third kappa shape index (κ3) is 3.07. The Hall–Kier alpha value is -1.35. The minimum atomic E-state index is -0.129. The zero-order valence-electron chi connectivity index (χ0n) is 10.2. The molecule has 2 rings (SSSR count). The fraction of sp³-hybridized carbons (Fsp3) is 0.500. The van der Waals surface area contributed by atoms with Crippen molar-refractivity contribution >= 4 is 5.97 Å². The Labute approximate surface area is 102 Å². The molecule has 1 N–H and O–H groups in total. The van der Waals surface area contributed by atoms with Gasteiger partial charge in [0.2, 0.25) is 0 Å². The molecular weight excluding hydrogens is 214 g/mol. The highest BCUT2D eigenvalue weighted by molar-refractivity contribution is 5.76. The van der Waals surface area contributed by atoms with Crippen molar-refractivity contribution in [3.63, 3.8) is 0 Å². The lowest BCUT2D eigenvalue weighted by Crippen LogP contribution is -2.37. The Morgan fingerprint density at radius 2 is 2.18 bits per heavy atom. The third-order valence-electron chi connectivity index (χ3n) is 3.23. The third-order valence-corrected chi connectivity index (χ3v) is 3.23. The van der Waals surface area contributed by atoms with Gasteiger partial charge in [0.05, 0.1) is 6.61 Å². The summed E-state index contributed by atoms with van der Waals surface area (Å²) in [5.41, 5.74) is 1.29. The summed E-state index contributed by atoms with van der Waals surface area (Å²) in [6.45, 7) is 3.20. The van der Waals surface area contributed by atoms with Crippen LogP contribution in [-0.4, -0.2) is 25.2 Å². The molecular formula is C14H19NO2. The van der Waals surface area contributed by atoms with E-state index in [1.165, 1.54) is 5.56 Å². The maximum Gasteiger partial charge on any atom is 0.323 e. The van der Waals surface area contributed by atoms with Crippen molar-refractivity contribution in [2.24, 2.45) is 5.92 Å². The van der Waals surface area contributed by atoms with Crippen LogP contribution >= 0.6 is 0 Å². The zero-order chi connectivity index (χ0) is 12.1. The summed E-state index contributed by atoms with van der Waals surface area (Å²) in [6, 6.07) is 10.2. The zero-order valence-corrected chi connectivity index (χ0v) is 10.2. The first-order valence-electron chi connectivity index (χ1n) is 6.25. The lowest BCUT2D eigenvalue weighted by Gasteiger charge is -2.17. The summed E-state index contributed by atoms with van der Waals surface area (Å²) in [6.07, 6.45) is 1.98. The lowest BCUT2D eigenvalue weighted by molar-refractivity contribution is -0.146. The standard InChI is InChI=1S/C14H19NO2/c1-2-17-14(16)13-12(8-9-15-13)10-11-6-4-3-5-7-11/h3-7,12-13,15H,2,8-10H2,1H3/t12-,13-/m1/s1. The van der Waals surface area contributed by atoms with E-state index in [-0.39, 0.29) is 12.0 Å². The molecule has 1 aliphatic rings. The number of hydrogen-bond acceptors (Lipinski definition) is 3. The Bertz CT molecular complexity index is 364. The van der Waals surface area contributed by atoms with Crippen LogP contribution in [0.25, 0.3) is 0 Å². The first-order chi connectivity index (χ1) is 8.31. The van der Waals surface area contributed by atoms with Gasteiger partial charge in [-0.3, -0.25) is 4.79 Å². The second-order valence-electron chi connectivity index (χ2n) is 4.42. The van der Waals surface area contributed by atoms with Gasteiger partial charge in [-0.2, -0.15) is 0 Å². The molecule has 1 heterocycles. The number of esters is 1. The molecule has 1 fully saturated rings. The monoisotopic (exact) mass is 233 g/mol. The van der Waals surface area contributed by atoms with Gasteiger partial charge in [-0.15, -0.1) is 0 Å². The number of carbonyl (C=O) groups excluding carboxylic acids is 1. The number of hydrogen-bond donors (Lipinski definition) is 1. The number of ether oxygens (including phenoxy) is 1. The number of rotatable bonds is 4. The van der Waals surface area contributed by atoms with E-state index in [0.717, 1.165) is 19.4 Å². The van der Waals surface area contributed by atoms with E-state index in [9.17, 15) is 4.79 Å². The van der Waals surface area contributed by atoms with E-state index >= 15 is 0 Å². The first-order valence-corrected chi connectivity index (χ1v) is 6.25. The highest BCUT2D eigenvalue weighted by Gasteiger charge is 2.33. The summed E-state index contributed by atoms with van der Waals surface area (Å²) in [4.78, 5) is 11.8. The normalized spacial score (nSPS) is 23.6. The SMILES string of the molecule is CCOC(=O)[C@@H]1NCC[C@@H]1Cc1ccccc1. The molecule has 0 bridgehead atoms. The second kappa shape index (κ2) is 5.82. The Morgan fingerprint density at radius 1 is 1.41 bits per heavy atom. The molecule has 3 heteroatoms. The molecule has 0 unspecified atom stereocenters. The highest BCUT2D eigenvalue weighted by atomic mass is 16.5. The van der Waals surface area contributed by atoms with Gasteiger partial charge in [0, 0.05) is 0 Å². The summed E-state index contributed by atoms with van der Waals surface area (Å²) < 4.78 is 5.09. The van der Waals surface area contributed by atoms with Gasteiger partial charge in [0.25, 0.3) is 0 Å². The fourth-order valence-corrected chi connectivity index (χ4v) is 2.40. The molecule has 0 saturated carbocycles. The van der Waals surface area contributed by atoms with E-state index < -0.39 is 0 Å². The second-order valence-corrected chi connectivity index (χ2v) is 4.42. The summed E-state index contributed by atoms with van der Waals surface area (Å²) in [5, 5.41) is 3.24. The van der Waals surface area contributed by atoms with Crippen LogP contribution in [0.5, 0.6) is 0 Å². The van der Waals surface area contributed by atoms with Crippen molar-refractivity contribution in [1.29, 1.82) is 0 Å². The minimum Gasteiger partial charge on any atom is -0.465 e. The molecule has 0 aliphatic carbocycles. The number of carbonyl (C=O) groups is 1. The molecule has 2 atom stereocenters. The molecule has 17 heavy (non-hydrogen) atoms. The summed E-state index contributed by atoms with van der Waals surface area (Å²) >= 11 is 0. The maximum atomic E-state index is 11.8. The molecule has 0 spiro atoms. The molecule has 0 amide bonds. The average molecular weight is 233 g/mol.